The van der Waals surface area contributed by atoms with Crippen molar-refractivity contribution >= 4 is 17.5 Å². The van der Waals surface area contributed by atoms with Crippen molar-refractivity contribution < 1.29 is 14.3 Å². The Bertz CT molecular complexity index is 936. The van der Waals surface area contributed by atoms with Crippen LogP contribution in [0.25, 0.3) is 11.4 Å². The van der Waals surface area contributed by atoms with E-state index in [-0.39, 0.29) is 11.9 Å². The number of para-hydroxylation sites is 1. The first-order chi connectivity index (χ1) is 13.0. The molecule has 1 aromatic heterocycles. The van der Waals surface area contributed by atoms with Crippen molar-refractivity contribution in [3.8, 4) is 23.1 Å². The molecule has 0 aliphatic carbocycles. The SMILES string of the molecule is COc1ccccc1C(=O)n1nc(OCC(C)C)nc1-c1ccc(Cl)cc1. The van der Waals surface area contributed by atoms with Gasteiger partial charge in [0.25, 0.3) is 5.91 Å². The minimum Gasteiger partial charge on any atom is -0.496 e. The molecule has 0 N–H and O–H groups in total. The molecule has 3 aromatic rings. The summed E-state index contributed by atoms with van der Waals surface area (Å²) in [6.45, 7) is 4.50. The van der Waals surface area contributed by atoms with Crippen LogP contribution in [0.4, 0.5) is 0 Å². The van der Waals surface area contributed by atoms with Crippen molar-refractivity contribution in [2.45, 2.75) is 13.8 Å². The summed E-state index contributed by atoms with van der Waals surface area (Å²) < 4.78 is 12.2. The van der Waals surface area contributed by atoms with E-state index in [0.717, 1.165) is 0 Å². The second kappa shape index (κ2) is 8.22. The van der Waals surface area contributed by atoms with Gasteiger partial charge in [0.2, 0.25) is 0 Å². The van der Waals surface area contributed by atoms with Crippen LogP contribution in [-0.2, 0) is 0 Å². The fraction of sp³-hybridized carbons (Fsp3) is 0.250. The second-order valence-electron chi connectivity index (χ2n) is 6.35. The highest BCUT2D eigenvalue weighted by molar-refractivity contribution is 6.30. The quantitative estimate of drug-likeness (QED) is 0.631. The monoisotopic (exact) mass is 385 g/mol. The first-order valence-corrected chi connectivity index (χ1v) is 8.91. The van der Waals surface area contributed by atoms with Gasteiger partial charge >= 0.3 is 6.01 Å². The molecule has 0 bridgehead atoms. The summed E-state index contributed by atoms with van der Waals surface area (Å²) in [5.41, 5.74) is 1.09. The average Bonchev–Trinajstić information content (AvgIpc) is 3.10. The van der Waals surface area contributed by atoms with Crippen LogP contribution in [0.3, 0.4) is 0 Å². The number of methoxy groups -OCH3 is 1. The summed E-state index contributed by atoms with van der Waals surface area (Å²) >= 11 is 5.98. The Balaban J connectivity index is 2.06. The van der Waals surface area contributed by atoms with E-state index < -0.39 is 0 Å². The number of carbonyl (C=O) groups excluding carboxylic acids is 1. The fourth-order valence-electron chi connectivity index (χ4n) is 2.46. The Labute approximate surface area is 162 Å². The van der Waals surface area contributed by atoms with E-state index in [1.807, 2.05) is 13.8 Å². The summed E-state index contributed by atoms with van der Waals surface area (Å²) in [5.74, 6) is 0.788. The smallest absolute Gasteiger partial charge is 0.336 e. The van der Waals surface area contributed by atoms with E-state index in [4.69, 9.17) is 21.1 Å². The summed E-state index contributed by atoms with van der Waals surface area (Å²) in [6, 6.07) is 14.2. The van der Waals surface area contributed by atoms with Crippen LogP contribution in [-0.4, -0.2) is 34.4 Å². The Morgan fingerprint density at radius 3 is 2.52 bits per heavy atom. The van der Waals surface area contributed by atoms with Gasteiger partial charge in [0.1, 0.15) is 5.75 Å². The summed E-state index contributed by atoms with van der Waals surface area (Å²) in [6.07, 6.45) is 0. The molecule has 2 aromatic carbocycles. The molecule has 140 valence electrons. The summed E-state index contributed by atoms with van der Waals surface area (Å²) in [4.78, 5) is 17.5. The van der Waals surface area contributed by atoms with E-state index in [9.17, 15) is 4.79 Å². The maximum atomic E-state index is 13.1. The molecule has 3 rings (SSSR count). The van der Waals surface area contributed by atoms with Crippen LogP contribution in [0.1, 0.15) is 24.2 Å². The molecule has 0 saturated carbocycles. The summed E-state index contributed by atoms with van der Waals surface area (Å²) in [7, 11) is 1.52. The van der Waals surface area contributed by atoms with Gasteiger partial charge in [-0.15, -0.1) is 5.10 Å². The molecule has 0 fully saturated rings. The molecule has 0 atom stereocenters. The molecule has 0 saturated heterocycles. The van der Waals surface area contributed by atoms with Crippen molar-refractivity contribution in [3.63, 3.8) is 0 Å². The van der Waals surface area contributed by atoms with Crippen LogP contribution in [0.5, 0.6) is 11.8 Å². The number of hydrogen-bond donors (Lipinski definition) is 0. The van der Waals surface area contributed by atoms with E-state index >= 15 is 0 Å². The van der Waals surface area contributed by atoms with Gasteiger partial charge in [-0.3, -0.25) is 4.79 Å². The molecule has 0 radical (unpaired) electrons. The van der Waals surface area contributed by atoms with Gasteiger partial charge in [-0.05, 0) is 42.3 Å². The van der Waals surface area contributed by atoms with Crippen molar-refractivity contribution in [1.82, 2.24) is 14.8 Å². The van der Waals surface area contributed by atoms with Crippen molar-refractivity contribution in [2.24, 2.45) is 5.92 Å². The van der Waals surface area contributed by atoms with Gasteiger partial charge < -0.3 is 9.47 Å². The van der Waals surface area contributed by atoms with Gasteiger partial charge in [-0.25, -0.2) is 0 Å². The topological polar surface area (TPSA) is 66.2 Å². The number of carbonyl (C=O) groups is 1. The van der Waals surface area contributed by atoms with Gasteiger partial charge in [0.05, 0.1) is 19.3 Å². The van der Waals surface area contributed by atoms with E-state index in [2.05, 4.69) is 10.1 Å². The zero-order valence-electron chi connectivity index (χ0n) is 15.3. The van der Waals surface area contributed by atoms with Crippen LogP contribution >= 0.6 is 11.6 Å². The molecule has 0 amide bonds. The third-order valence-electron chi connectivity index (χ3n) is 3.77. The van der Waals surface area contributed by atoms with Crippen LogP contribution in [0.15, 0.2) is 48.5 Å². The molecule has 0 aliphatic heterocycles. The Kier molecular flexibility index (Phi) is 5.76. The number of ether oxygens (including phenoxy) is 2. The Morgan fingerprint density at radius 2 is 1.85 bits per heavy atom. The molecule has 0 unspecified atom stereocenters. The van der Waals surface area contributed by atoms with E-state index in [1.165, 1.54) is 11.8 Å². The van der Waals surface area contributed by atoms with Crippen molar-refractivity contribution in [3.05, 3.63) is 59.1 Å². The molecule has 1 heterocycles. The summed E-state index contributed by atoms with van der Waals surface area (Å²) in [5, 5.41) is 4.87. The van der Waals surface area contributed by atoms with Gasteiger partial charge in [-0.2, -0.15) is 9.67 Å². The molecular weight excluding hydrogens is 366 g/mol. The molecule has 0 spiro atoms. The number of halogens is 1. The Hall–Kier alpha value is -2.86. The highest BCUT2D eigenvalue weighted by Gasteiger charge is 2.22. The predicted molar refractivity (Wildman–Crippen MR) is 104 cm³/mol. The van der Waals surface area contributed by atoms with Crippen LogP contribution in [0.2, 0.25) is 5.02 Å². The standard InChI is InChI=1S/C20H20ClN3O3/c1-13(2)12-27-20-22-18(14-8-10-15(21)11-9-14)24(23-20)19(25)16-6-4-5-7-17(16)26-3/h4-11,13H,12H2,1-3H3. The van der Waals surface area contributed by atoms with Crippen LogP contribution < -0.4 is 9.47 Å². The number of hydrogen-bond acceptors (Lipinski definition) is 5. The molecule has 0 aliphatic rings. The largest absolute Gasteiger partial charge is 0.496 e. The average molecular weight is 386 g/mol. The van der Waals surface area contributed by atoms with Crippen molar-refractivity contribution in [1.29, 1.82) is 0 Å². The third kappa shape index (κ3) is 4.28. The first kappa shape index (κ1) is 18.9. The molecular formula is C20H20ClN3O3. The number of nitrogens with zero attached hydrogens (tertiary/aromatic N) is 3. The lowest BCUT2D eigenvalue weighted by atomic mass is 10.1. The number of aromatic nitrogens is 3. The van der Waals surface area contributed by atoms with Gasteiger partial charge in [0.15, 0.2) is 5.82 Å². The number of rotatable bonds is 6. The van der Waals surface area contributed by atoms with Gasteiger partial charge in [-0.1, -0.05) is 37.6 Å². The Morgan fingerprint density at radius 1 is 1.15 bits per heavy atom. The zero-order valence-corrected chi connectivity index (χ0v) is 16.1. The fourth-order valence-corrected chi connectivity index (χ4v) is 2.58. The third-order valence-corrected chi connectivity index (χ3v) is 4.02. The lowest BCUT2D eigenvalue weighted by molar-refractivity contribution is 0.0941. The highest BCUT2D eigenvalue weighted by atomic mass is 35.5. The molecule has 7 heteroatoms. The van der Waals surface area contributed by atoms with Gasteiger partial charge in [0, 0.05) is 10.6 Å². The normalized spacial score (nSPS) is 10.9. The zero-order chi connectivity index (χ0) is 19.4. The molecule has 6 nitrogen and oxygen atoms in total. The van der Waals surface area contributed by atoms with Crippen LogP contribution in [0, 0.1) is 5.92 Å². The van der Waals surface area contributed by atoms with E-state index in [0.29, 0.717) is 40.2 Å². The second-order valence-corrected chi connectivity index (χ2v) is 6.78. The predicted octanol–water partition coefficient (Wildman–Crippen LogP) is 4.33. The lowest BCUT2D eigenvalue weighted by Crippen LogP contribution is -2.16. The minimum absolute atomic E-state index is 0.150. The maximum Gasteiger partial charge on any atom is 0.336 e. The lowest BCUT2D eigenvalue weighted by Gasteiger charge is -2.08. The minimum atomic E-state index is -0.357. The number of benzene rings is 2. The maximum absolute atomic E-state index is 13.1. The van der Waals surface area contributed by atoms with Crippen molar-refractivity contribution in [2.75, 3.05) is 13.7 Å². The molecule has 27 heavy (non-hydrogen) atoms. The first-order valence-electron chi connectivity index (χ1n) is 8.53. The van der Waals surface area contributed by atoms with E-state index in [1.54, 1.807) is 48.5 Å². The highest BCUT2D eigenvalue weighted by Crippen LogP contribution is 2.25.